The van der Waals surface area contributed by atoms with Gasteiger partial charge in [0.05, 0.1) is 12.2 Å². The molecule has 0 saturated heterocycles. The number of alkyl halides is 2. The van der Waals surface area contributed by atoms with Gasteiger partial charge in [-0.3, -0.25) is 0 Å². The number of nitrogens with zero attached hydrogens (tertiary/aromatic N) is 2. The topological polar surface area (TPSA) is 89.0 Å². The lowest BCUT2D eigenvalue weighted by molar-refractivity contribution is 0.0518. The molecule has 18 heavy (non-hydrogen) atoms. The summed E-state index contributed by atoms with van der Waals surface area (Å²) in [6.45, 7) is 1.44. The SMILES string of the molecule is CCOC(=O)c1ncc(CN)c(C(F)F)c1C#N. The Bertz CT molecular complexity index is 498. The first-order valence-corrected chi connectivity index (χ1v) is 5.14. The van der Waals surface area contributed by atoms with Crippen LogP contribution in [0.2, 0.25) is 0 Å². The van der Waals surface area contributed by atoms with Crippen LogP contribution < -0.4 is 5.73 Å². The minimum atomic E-state index is -2.91. The number of hydrogen-bond acceptors (Lipinski definition) is 5. The second-order valence-corrected chi connectivity index (χ2v) is 3.26. The van der Waals surface area contributed by atoms with Crippen LogP contribution >= 0.6 is 0 Å². The number of nitriles is 1. The van der Waals surface area contributed by atoms with Crippen LogP contribution in [-0.2, 0) is 11.3 Å². The van der Waals surface area contributed by atoms with Crippen molar-refractivity contribution < 1.29 is 18.3 Å². The molecular weight excluding hydrogens is 244 g/mol. The van der Waals surface area contributed by atoms with Crippen LogP contribution in [-0.4, -0.2) is 17.6 Å². The van der Waals surface area contributed by atoms with Crippen molar-refractivity contribution in [1.29, 1.82) is 5.26 Å². The Morgan fingerprint density at radius 1 is 1.67 bits per heavy atom. The van der Waals surface area contributed by atoms with E-state index in [-0.39, 0.29) is 18.7 Å². The lowest BCUT2D eigenvalue weighted by Crippen LogP contribution is -2.14. The van der Waals surface area contributed by atoms with E-state index in [2.05, 4.69) is 9.72 Å². The lowest BCUT2D eigenvalue weighted by atomic mass is 10.0. The van der Waals surface area contributed by atoms with Crippen LogP contribution in [0.5, 0.6) is 0 Å². The zero-order chi connectivity index (χ0) is 13.7. The van der Waals surface area contributed by atoms with Crippen molar-refractivity contribution in [2.24, 2.45) is 5.73 Å². The monoisotopic (exact) mass is 255 g/mol. The van der Waals surface area contributed by atoms with Crippen molar-refractivity contribution in [3.05, 3.63) is 28.6 Å². The molecule has 0 aliphatic carbocycles. The van der Waals surface area contributed by atoms with Gasteiger partial charge in [0.1, 0.15) is 6.07 Å². The van der Waals surface area contributed by atoms with Crippen LogP contribution in [0, 0.1) is 11.3 Å². The van der Waals surface area contributed by atoms with E-state index in [9.17, 15) is 13.6 Å². The van der Waals surface area contributed by atoms with Gasteiger partial charge in [0.15, 0.2) is 5.69 Å². The third kappa shape index (κ3) is 2.60. The first kappa shape index (κ1) is 14.0. The summed E-state index contributed by atoms with van der Waals surface area (Å²) in [5, 5.41) is 8.91. The number of halogens is 2. The number of esters is 1. The lowest BCUT2D eigenvalue weighted by Gasteiger charge is -2.11. The minimum Gasteiger partial charge on any atom is -0.461 e. The largest absolute Gasteiger partial charge is 0.461 e. The smallest absolute Gasteiger partial charge is 0.358 e. The first-order valence-electron chi connectivity index (χ1n) is 5.14. The van der Waals surface area contributed by atoms with Crippen molar-refractivity contribution in [2.45, 2.75) is 19.9 Å². The molecule has 1 aromatic heterocycles. The molecule has 0 aromatic carbocycles. The Kier molecular flexibility index (Phi) is 4.68. The molecule has 0 amide bonds. The molecule has 1 rings (SSSR count). The van der Waals surface area contributed by atoms with Crippen LogP contribution in [0.15, 0.2) is 6.20 Å². The molecule has 0 atom stereocenters. The van der Waals surface area contributed by atoms with E-state index in [1.54, 1.807) is 13.0 Å². The second kappa shape index (κ2) is 6.02. The Hall–Kier alpha value is -2.07. The highest BCUT2D eigenvalue weighted by atomic mass is 19.3. The van der Waals surface area contributed by atoms with E-state index >= 15 is 0 Å². The quantitative estimate of drug-likeness (QED) is 0.824. The van der Waals surface area contributed by atoms with Gasteiger partial charge in [-0.15, -0.1) is 0 Å². The van der Waals surface area contributed by atoms with E-state index in [0.29, 0.717) is 0 Å². The van der Waals surface area contributed by atoms with Crippen molar-refractivity contribution in [3.63, 3.8) is 0 Å². The molecule has 2 N–H and O–H groups in total. The summed E-state index contributed by atoms with van der Waals surface area (Å²) < 4.78 is 30.5. The summed E-state index contributed by atoms with van der Waals surface area (Å²) in [7, 11) is 0. The number of aromatic nitrogens is 1. The fourth-order valence-electron chi connectivity index (χ4n) is 1.44. The normalized spacial score (nSPS) is 10.2. The Labute approximate surface area is 102 Å². The molecule has 0 radical (unpaired) electrons. The number of ether oxygens (including phenoxy) is 1. The van der Waals surface area contributed by atoms with Gasteiger partial charge < -0.3 is 10.5 Å². The van der Waals surface area contributed by atoms with Crippen LogP contribution in [0.25, 0.3) is 0 Å². The summed E-state index contributed by atoms with van der Waals surface area (Å²) in [6.07, 6.45) is -1.84. The van der Waals surface area contributed by atoms with Crippen LogP contribution in [0.3, 0.4) is 0 Å². The molecule has 0 aliphatic heterocycles. The summed E-state index contributed by atoms with van der Waals surface area (Å²) in [6, 6.07) is 1.56. The highest BCUT2D eigenvalue weighted by molar-refractivity contribution is 5.90. The van der Waals surface area contributed by atoms with Crippen LogP contribution in [0.4, 0.5) is 8.78 Å². The van der Waals surface area contributed by atoms with Gasteiger partial charge in [-0.25, -0.2) is 18.6 Å². The van der Waals surface area contributed by atoms with Gasteiger partial charge in [0.25, 0.3) is 6.43 Å². The maximum Gasteiger partial charge on any atom is 0.358 e. The fourth-order valence-corrected chi connectivity index (χ4v) is 1.44. The number of hydrogen-bond donors (Lipinski definition) is 1. The third-order valence-corrected chi connectivity index (χ3v) is 2.22. The second-order valence-electron chi connectivity index (χ2n) is 3.26. The summed E-state index contributed by atoms with van der Waals surface area (Å²) in [5.74, 6) is -0.903. The number of carbonyl (C=O) groups excluding carboxylic acids is 1. The molecule has 0 aliphatic rings. The molecule has 1 heterocycles. The molecule has 0 unspecified atom stereocenters. The zero-order valence-corrected chi connectivity index (χ0v) is 9.61. The van der Waals surface area contributed by atoms with Crippen LogP contribution in [0.1, 0.15) is 40.5 Å². The molecule has 7 heteroatoms. The van der Waals surface area contributed by atoms with E-state index in [0.717, 1.165) is 6.20 Å². The first-order chi connectivity index (χ1) is 8.56. The molecule has 0 saturated carbocycles. The van der Waals surface area contributed by atoms with Gasteiger partial charge in [-0.1, -0.05) is 0 Å². The van der Waals surface area contributed by atoms with Crippen molar-refractivity contribution in [3.8, 4) is 6.07 Å². The third-order valence-electron chi connectivity index (χ3n) is 2.22. The van der Waals surface area contributed by atoms with Crippen molar-refractivity contribution in [1.82, 2.24) is 4.98 Å². The fraction of sp³-hybridized carbons (Fsp3) is 0.364. The predicted molar refractivity (Wildman–Crippen MR) is 57.8 cm³/mol. The average Bonchev–Trinajstić information content (AvgIpc) is 2.36. The highest BCUT2D eigenvalue weighted by Gasteiger charge is 2.25. The van der Waals surface area contributed by atoms with Gasteiger partial charge in [-0.2, -0.15) is 5.26 Å². The predicted octanol–water partition coefficient (Wildman–Crippen LogP) is 1.53. The molecule has 0 spiro atoms. The Morgan fingerprint density at radius 2 is 2.33 bits per heavy atom. The summed E-state index contributed by atoms with van der Waals surface area (Å²) >= 11 is 0. The summed E-state index contributed by atoms with van der Waals surface area (Å²) in [4.78, 5) is 15.2. The minimum absolute atomic E-state index is 0.0367. The maximum atomic E-state index is 12.9. The van der Waals surface area contributed by atoms with Gasteiger partial charge in [0.2, 0.25) is 0 Å². The van der Waals surface area contributed by atoms with E-state index in [4.69, 9.17) is 11.0 Å². The number of rotatable bonds is 4. The number of pyridine rings is 1. The van der Waals surface area contributed by atoms with Crippen molar-refractivity contribution in [2.75, 3.05) is 6.61 Å². The van der Waals surface area contributed by atoms with Gasteiger partial charge in [0, 0.05) is 18.3 Å². The highest BCUT2D eigenvalue weighted by Crippen LogP contribution is 2.27. The van der Waals surface area contributed by atoms with E-state index in [1.807, 2.05) is 0 Å². The van der Waals surface area contributed by atoms with E-state index in [1.165, 1.54) is 0 Å². The van der Waals surface area contributed by atoms with Gasteiger partial charge in [-0.05, 0) is 12.5 Å². The number of carbonyl (C=O) groups is 1. The molecule has 0 fully saturated rings. The summed E-state index contributed by atoms with van der Waals surface area (Å²) in [5.41, 5.74) is 3.89. The Balaban J connectivity index is 3.44. The molecule has 0 bridgehead atoms. The van der Waals surface area contributed by atoms with E-state index < -0.39 is 29.2 Å². The maximum absolute atomic E-state index is 12.9. The van der Waals surface area contributed by atoms with Crippen molar-refractivity contribution >= 4 is 5.97 Å². The molecule has 5 nitrogen and oxygen atoms in total. The molecule has 1 aromatic rings. The Morgan fingerprint density at radius 3 is 2.78 bits per heavy atom. The average molecular weight is 255 g/mol. The molecular formula is C11H11F2N3O2. The number of nitrogens with two attached hydrogens (primary N) is 1. The molecule has 96 valence electrons. The zero-order valence-electron chi connectivity index (χ0n) is 9.61. The van der Waals surface area contributed by atoms with Gasteiger partial charge >= 0.3 is 5.97 Å². The standard InChI is InChI=1S/C11H11F2N3O2/c1-2-18-11(17)9-7(4-15)8(10(12)13)6(3-14)5-16-9/h5,10H,2-3,14H2,1H3.